The van der Waals surface area contributed by atoms with E-state index in [1.165, 1.54) is 52.6 Å². The normalized spacial score (nSPS) is 26.9. The van der Waals surface area contributed by atoms with Crippen LogP contribution in [0.5, 0.6) is 0 Å². The molecule has 5 heteroatoms. The summed E-state index contributed by atoms with van der Waals surface area (Å²) in [6, 6.07) is 0.767. The quantitative estimate of drug-likeness (QED) is 0.713. The maximum Gasteiger partial charge on any atom is 0.325 e. The highest BCUT2D eigenvalue weighted by Crippen LogP contribution is 2.21. The lowest BCUT2D eigenvalue weighted by Gasteiger charge is -2.27. The average Bonchev–Trinajstić information content (AvgIpc) is 3.16. The van der Waals surface area contributed by atoms with Crippen molar-refractivity contribution in [2.24, 2.45) is 0 Å². The van der Waals surface area contributed by atoms with E-state index in [9.17, 15) is 4.79 Å². The lowest BCUT2D eigenvalue weighted by molar-refractivity contribution is -0.148. The average molecular weight is 297 g/mol. The van der Waals surface area contributed by atoms with Crippen LogP contribution in [0.1, 0.15) is 39.0 Å². The van der Waals surface area contributed by atoms with Crippen molar-refractivity contribution < 1.29 is 9.53 Å². The number of likely N-dealkylation sites (N-methyl/N-ethyl adjacent to an activating group) is 1. The van der Waals surface area contributed by atoms with E-state index in [0.29, 0.717) is 0 Å². The van der Waals surface area contributed by atoms with Crippen LogP contribution < -0.4 is 5.32 Å². The van der Waals surface area contributed by atoms with Crippen molar-refractivity contribution in [3.63, 3.8) is 0 Å². The summed E-state index contributed by atoms with van der Waals surface area (Å²) in [6.07, 6.45) is 5.90. The molecule has 0 aromatic carbocycles. The number of hydrogen-bond acceptors (Lipinski definition) is 5. The van der Waals surface area contributed by atoms with Crippen LogP contribution in [0.4, 0.5) is 0 Å². The van der Waals surface area contributed by atoms with Gasteiger partial charge >= 0.3 is 5.97 Å². The van der Waals surface area contributed by atoms with Crippen molar-refractivity contribution in [1.82, 2.24) is 15.1 Å². The fraction of sp³-hybridized carbons (Fsp3) is 0.938. The SMILES string of the molecule is CNC(C)(CCCN1CCC(N2CCCC2)C1)C(=O)OC. The molecule has 2 atom stereocenters. The maximum absolute atomic E-state index is 11.8. The monoisotopic (exact) mass is 297 g/mol. The molecule has 2 rings (SSSR count). The van der Waals surface area contributed by atoms with Crippen LogP contribution in [0.3, 0.4) is 0 Å². The molecular formula is C16H31N3O2. The summed E-state index contributed by atoms with van der Waals surface area (Å²) in [5, 5.41) is 3.11. The zero-order chi connectivity index (χ0) is 15.3. The summed E-state index contributed by atoms with van der Waals surface area (Å²) in [7, 11) is 3.29. The van der Waals surface area contributed by atoms with Crippen molar-refractivity contribution in [3.05, 3.63) is 0 Å². The number of nitrogens with zero attached hydrogens (tertiary/aromatic N) is 2. The Morgan fingerprint density at radius 1 is 1.33 bits per heavy atom. The Labute approximate surface area is 129 Å². The van der Waals surface area contributed by atoms with Gasteiger partial charge in [-0.2, -0.15) is 0 Å². The Morgan fingerprint density at radius 2 is 2.05 bits per heavy atom. The molecule has 0 saturated carbocycles. The van der Waals surface area contributed by atoms with Crippen LogP contribution in [-0.2, 0) is 9.53 Å². The summed E-state index contributed by atoms with van der Waals surface area (Å²) in [5.41, 5.74) is -0.553. The molecule has 5 nitrogen and oxygen atoms in total. The Kier molecular flexibility index (Phi) is 6.02. The number of methoxy groups -OCH3 is 1. The largest absolute Gasteiger partial charge is 0.468 e. The van der Waals surface area contributed by atoms with Gasteiger partial charge < -0.3 is 15.0 Å². The van der Waals surface area contributed by atoms with Gasteiger partial charge in [0.25, 0.3) is 0 Å². The van der Waals surface area contributed by atoms with E-state index in [4.69, 9.17) is 4.74 Å². The smallest absolute Gasteiger partial charge is 0.325 e. The van der Waals surface area contributed by atoms with Crippen molar-refractivity contribution in [1.29, 1.82) is 0 Å². The Bertz CT molecular complexity index is 344. The van der Waals surface area contributed by atoms with Gasteiger partial charge in [0.15, 0.2) is 0 Å². The first-order valence-corrected chi connectivity index (χ1v) is 8.33. The van der Waals surface area contributed by atoms with Crippen molar-refractivity contribution in [2.45, 2.75) is 50.6 Å². The molecule has 0 spiro atoms. The molecule has 0 aromatic heterocycles. The zero-order valence-electron chi connectivity index (χ0n) is 13.9. The van der Waals surface area contributed by atoms with E-state index in [2.05, 4.69) is 15.1 Å². The predicted octanol–water partition coefficient (Wildman–Crippen LogP) is 1.09. The van der Waals surface area contributed by atoms with Crippen LogP contribution in [0.25, 0.3) is 0 Å². The van der Waals surface area contributed by atoms with Crippen molar-refractivity contribution in [3.8, 4) is 0 Å². The lowest BCUT2D eigenvalue weighted by atomic mass is 9.96. The number of rotatable bonds is 7. The molecule has 2 fully saturated rings. The first kappa shape index (κ1) is 16.7. The molecule has 0 aliphatic carbocycles. The molecule has 2 aliphatic heterocycles. The number of nitrogens with one attached hydrogen (secondary N) is 1. The predicted molar refractivity (Wildman–Crippen MR) is 84.4 cm³/mol. The number of esters is 1. The lowest BCUT2D eigenvalue weighted by Crippen LogP contribution is -2.48. The molecule has 0 bridgehead atoms. The van der Waals surface area contributed by atoms with Gasteiger partial charge in [-0.1, -0.05) is 0 Å². The van der Waals surface area contributed by atoms with Crippen LogP contribution in [-0.4, -0.2) is 74.2 Å². The Morgan fingerprint density at radius 3 is 2.67 bits per heavy atom. The molecule has 21 heavy (non-hydrogen) atoms. The molecular weight excluding hydrogens is 266 g/mol. The third kappa shape index (κ3) is 4.18. The molecule has 122 valence electrons. The fourth-order valence-electron chi connectivity index (χ4n) is 3.63. The maximum atomic E-state index is 11.8. The summed E-state index contributed by atoms with van der Waals surface area (Å²) >= 11 is 0. The van der Waals surface area contributed by atoms with Gasteiger partial charge in [-0.3, -0.25) is 9.69 Å². The first-order valence-electron chi connectivity index (χ1n) is 8.33. The minimum Gasteiger partial charge on any atom is -0.468 e. The van der Waals surface area contributed by atoms with Gasteiger partial charge in [0, 0.05) is 12.6 Å². The summed E-state index contributed by atoms with van der Waals surface area (Å²) in [6.45, 7) is 8.00. The van der Waals surface area contributed by atoms with Gasteiger partial charge in [0.2, 0.25) is 0 Å². The van der Waals surface area contributed by atoms with Crippen molar-refractivity contribution in [2.75, 3.05) is 46.9 Å². The zero-order valence-corrected chi connectivity index (χ0v) is 13.9. The van der Waals surface area contributed by atoms with E-state index in [0.717, 1.165) is 25.4 Å². The van der Waals surface area contributed by atoms with Crippen LogP contribution in [0.2, 0.25) is 0 Å². The van der Waals surface area contributed by atoms with Crippen molar-refractivity contribution >= 4 is 5.97 Å². The molecule has 2 unspecified atom stereocenters. The molecule has 2 heterocycles. The first-order chi connectivity index (χ1) is 10.1. The minimum absolute atomic E-state index is 0.165. The highest BCUT2D eigenvalue weighted by Gasteiger charge is 2.33. The highest BCUT2D eigenvalue weighted by atomic mass is 16.5. The summed E-state index contributed by atoms with van der Waals surface area (Å²) < 4.78 is 4.89. The van der Waals surface area contributed by atoms with Gasteiger partial charge in [-0.05, 0) is 72.3 Å². The number of carbonyl (C=O) groups is 1. The molecule has 0 amide bonds. The Hall–Kier alpha value is -0.650. The third-order valence-electron chi connectivity index (χ3n) is 5.24. The number of ether oxygens (including phenoxy) is 1. The summed E-state index contributed by atoms with van der Waals surface area (Å²) in [4.78, 5) is 17.0. The topological polar surface area (TPSA) is 44.8 Å². The number of carbonyl (C=O) groups excluding carboxylic acids is 1. The third-order valence-corrected chi connectivity index (χ3v) is 5.24. The number of hydrogen-bond donors (Lipinski definition) is 1. The fourth-order valence-corrected chi connectivity index (χ4v) is 3.63. The van der Waals surface area contributed by atoms with Gasteiger partial charge in [0.05, 0.1) is 7.11 Å². The second-order valence-corrected chi connectivity index (χ2v) is 6.66. The van der Waals surface area contributed by atoms with Gasteiger partial charge in [-0.15, -0.1) is 0 Å². The second kappa shape index (κ2) is 7.56. The van der Waals surface area contributed by atoms with E-state index in [1.807, 2.05) is 14.0 Å². The molecule has 0 radical (unpaired) electrons. The molecule has 0 aromatic rings. The van der Waals surface area contributed by atoms with Crippen LogP contribution in [0.15, 0.2) is 0 Å². The minimum atomic E-state index is -0.553. The van der Waals surface area contributed by atoms with E-state index in [1.54, 1.807) is 0 Å². The van der Waals surface area contributed by atoms with Crippen LogP contribution in [0, 0.1) is 0 Å². The van der Waals surface area contributed by atoms with E-state index in [-0.39, 0.29) is 5.97 Å². The number of likely N-dealkylation sites (tertiary alicyclic amines) is 2. The van der Waals surface area contributed by atoms with E-state index >= 15 is 0 Å². The Balaban J connectivity index is 1.70. The standard InChI is InChI=1S/C16H31N3O2/c1-16(17-2,15(20)21-3)8-6-9-18-12-7-14(13-18)19-10-4-5-11-19/h14,17H,4-13H2,1-3H3. The van der Waals surface area contributed by atoms with Crippen LogP contribution >= 0.6 is 0 Å². The van der Waals surface area contributed by atoms with Gasteiger partial charge in [0.1, 0.15) is 5.54 Å². The molecule has 1 N–H and O–H groups in total. The second-order valence-electron chi connectivity index (χ2n) is 6.66. The van der Waals surface area contributed by atoms with E-state index < -0.39 is 5.54 Å². The summed E-state index contributed by atoms with van der Waals surface area (Å²) in [5.74, 6) is -0.165. The highest BCUT2D eigenvalue weighted by molar-refractivity contribution is 5.80. The molecule has 2 aliphatic rings. The molecule has 2 saturated heterocycles. The van der Waals surface area contributed by atoms with Gasteiger partial charge in [-0.25, -0.2) is 0 Å².